The van der Waals surface area contributed by atoms with Crippen molar-refractivity contribution in [3.05, 3.63) is 75.9 Å². The van der Waals surface area contributed by atoms with Gasteiger partial charge in [0, 0.05) is 34.2 Å². The van der Waals surface area contributed by atoms with Gasteiger partial charge in [-0.05, 0) is 36.2 Å². The van der Waals surface area contributed by atoms with Crippen molar-refractivity contribution in [2.45, 2.75) is 19.5 Å². The maximum Gasteiger partial charge on any atom is 0.0746 e. The van der Waals surface area contributed by atoms with Crippen molar-refractivity contribution in [3.63, 3.8) is 0 Å². The molecule has 0 radical (unpaired) electrons. The predicted octanol–water partition coefficient (Wildman–Crippen LogP) is 5.39. The topological polar surface area (TPSA) is 24.9 Å². The number of hydrogen-bond acceptors (Lipinski definition) is 2. The summed E-state index contributed by atoms with van der Waals surface area (Å²) in [5.41, 5.74) is 3.25. The average molecular weight is 331 g/mol. The summed E-state index contributed by atoms with van der Waals surface area (Å²) in [5.74, 6) is 0. The van der Waals surface area contributed by atoms with E-state index in [0.29, 0.717) is 10.0 Å². The third kappa shape index (κ3) is 3.25. The molecule has 0 fully saturated rings. The summed E-state index contributed by atoms with van der Waals surface area (Å²) in [7, 11) is 0. The molecule has 1 atom stereocenters. The van der Waals surface area contributed by atoms with Crippen molar-refractivity contribution in [2.24, 2.45) is 0 Å². The zero-order chi connectivity index (χ0) is 15.5. The van der Waals surface area contributed by atoms with Gasteiger partial charge in [0.25, 0.3) is 0 Å². The number of fused-ring (bicyclic) bond motifs is 1. The first-order chi connectivity index (χ1) is 10.6. The molecule has 22 heavy (non-hydrogen) atoms. The summed E-state index contributed by atoms with van der Waals surface area (Å²) in [4.78, 5) is 4.48. The SMILES string of the molecule is C[C@@H](NCc1cccc2cccnc12)c1ccc(Cl)cc1Cl. The van der Waals surface area contributed by atoms with Crippen LogP contribution in [-0.4, -0.2) is 4.98 Å². The van der Waals surface area contributed by atoms with Crippen LogP contribution in [0.4, 0.5) is 0 Å². The van der Waals surface area contributed by atoms with Crippen LogP contribution in [0, 0.1) is 0 Å². The number of rotatable bonds is 4. The number of nitrogens with one attached hydrogen (secondary N) is 1. The van der Waals surface area contributed by atoms with Crippen LogP contribution in [0.5, 0.6) is 0 Å². The Bertz CT molecular complexity index is 797. The van der Waals surface area contributed by atoms with Crippen molar-refractivity contribution in [1.82, 2.24) is 10.3 Å². The van der Waals surface area contributed by atoms with E-state index in [1.165, 1.54) is 5.56 Å². The van der Waals surface area contributed by atoms with Crippen LogP contribution < -0.4 is 5.32 Å². The molecule has 3 rings (SSSR count). The molecule has 0 saturated carbocycles. The van der Waals surface area contributed by atoms with Crippen molar-refractivity contribution in [3.8, 4) is 0 Å². The highest BCUT2D eigenvalue weighted by Gasteiger charge is 2.10. The zero-order valence-electron chi connectivity index (χ0n) is 12.2. The van der Waals surface area contributed by atoms with Gasteiger partial charge in [-0.3, -0.25) is 4.98 Å². The molecule has 0 unspecified atom stereocenters. The third-order valence-electron chi connectivity index (χ3n) is 3.74. The second-order valence-electron chi connectivity index (χ2n) is 5.26. The van der Waals surface area contributed by atoms with Crippen LogP contribution in [0.2, 0.25) is 10.0 Å². The molecule has 4 heteroatoms. The van der Waals surface area contributed by atoms with Crippen molar-refractivity contribution in [2.75, 3.05) is 0 Å². The first kappa shape index (κ1) is 15.3. The molecule has 3 aromatic rings. The van der Waals surface area contributed by atoms with Crippen LogP contribution >= 0.6 is 23.2 Å². The molecular formula is C18H16Cl2N2. The van der Waals surface area contributed by atoms with Gasteiger partial charge < -0.3 is 5.32 Å². The smallest absolute Gasteiger partial charge is 0.0746 e. The first-order valence-electron chi connectivity index (χ1n) is 7.16. The van der Waals surface area contributed by atoms with Crippen LogP contribution in [0.25, 0.3) is 10.9 Å². The van der Waals surface area contributed by atoms with Crippen molar-refractivity contribution < 1.29 is 0 Å². The Balaban J connectivity index is 1.79. The molecule has 0 aliphatic carbocycles. The molecule has 112 valence electrons. The molecule has 0 aliphatic rings. The largest absolute Gasteiger partial charge is 0.306 e. The molecule has 0 saturated heterocycles. The van der Waals surface area contributed by atoms with Gasteiger partial charge in [-0.15, -0.1) is 0 Å². The van der Waals surface area contributed by atoms with E-state index in [-0.39, 0.29) is 6.04 Å². The summed E-state index contributed by atoms with van der Waals surface area (Å²) >= 11 is 12.2. The molecule has 1 N–H and O–H groups in total. The minimum Gasteiger partial charge on any atom is -0.306 e. The second-order valence-corrected chi connectivity index (χ2v) is 6.10. The molecule has 1 heterocycles. The normalized spacial score (nSPS) is 12.5. The van der Waals surface area contributed by atoms with E-state index in [1.807, 2.05) is 24.4 Å². The van der Waals surface area contributed by atoms with E-state index < -0.39 is 0 Å². The van der Waals surface area contributed by atoms with Gasteiger partial charge in [-0.1, -0.05) is 53.5 Å². The Morgan fingerprint density at radius 1 is 1.09 bits per heavy atom. The Hall–Kier alpha value is -1.61. The highest BCUT2D eigenvalue weighted by atomic mass is 35.5. The van der Waals surface area contributed by atoms with E-state index in [2.05, 4.69) is 41.5 Å². The average Bonchev–Trinajstić information content (AvgIpc) is 2.52. The Kier molecular flexibility index (Phi) is 4.63. The van der Waals surface area contributed by atoms with E-state index >= 15 is 0 Å². The van der Waals surface area contributed by atoms with Crippen molar-refractivity contribution >= 4 is 34.1 Å². The molecule has 2 nitrogen and oxygen atoms in total. The maximum absolute atomic E-state index is 6.26. The lowest BCUT2D eigenvalue weighted by Gasteiger charge is -2.16. The molecular weight excluding hydrogens is 315 g/mol. The molecule has 0 aliphatic heterocycles. The van der Waals surface area contributed by atoms with E-state index in [4.69, 9.17) is 23.2 Å². The van der Waals surface area contributed by atoms with Gasteiger partial charge in [0.05, 0.1) is 5.52 Å². The van der Waals surface area contributed by atoms with Gasteiger partial charge in [0.15, 0.2) is 0 Å². The summed E-state index contributed by atoms with van der Waals surface area (Å²) < 4.78 is 0. The Morgan fingerprint density at radius 2 is 1.91 bits per heavy atom. The molecule has 0 bridgehead atoms. The lowest BCUT2D eigenvalue weighted by atomic mass is 10.1. The monoisotopic (exact) mass is 330 g/mol. The Labute approximate surface area is 140 Å². The van der Waals surface area contributed by atoms with Gasteiger partial charge >= 0.3 is 0 Å². The number of halogens is 2. The number of pyridine rings is 1. The van der Waals surface area contributed by atoms with Crippen LogP contribution in [0.15, 0.2) is 54.7 Å². The minimum absolute atomic E-state index is 0.128. The molecule has 0 spiro atoms. The zero-order valence-corrected chi connectivity index (χ0v) is 13.7. The summed E-state index contributed by atoms with van der Waals surface area (Å²) in [6.45, 7) is 2.82. The Morgan fingerprint density at radius 3 is 2.73 bits per heavy atom. The van der Waals surface area contributed by atoms with E-state index in [9.17, 15) is 0 Å². The van der Waals surface area contributed by atoms with Gasteiger partial charge in [0.2, 0.25) is 0 Å². The van der Waals surface area contributed by atoms with E-state index in [0.717, 1.165) is 23.0 Å². The highest BCUT2D eigenvalue weighted by Crippen LogP contribution is 2.26. The van der Waals surface area contributed by atoms with Crippen LogP contribution in [0.3, 0.4) is 0 Å². The fraction of sp³-hybridized carbons (Fsp3) is 0.167. The second kappa shape index (κ2) is 6.66. The standard InChI is InChI=1S/C18H16Cl2N2/c1-12(16-8-7-15(19)10-17(16)20)22-11-14-5-2-4-13-6-3-9-21-18(13)14/h2-10,12,22H,11H2,1H3/t12-/m1/s1. The van der Waals surface area contributed by atoms with Gasteiger partial charge in [0.1, 0.15) is 0 Å². The summed E-state index contributed by atoms with van der Waals surface area (Å²) in [5, 5.41) is 5.99. The quantitative estimate of drug-likeness (QED) is 0.693. The fourth-order valence-electron chi connectivity index (χ4n) is 2.54. The fourth-order valence-corrected chi connectivity index (χ4v) is 3.11. The number of para-hydroxylation sites is 1. The van der Waals surface area contributed by atoms with Crippen LogP contribution in [0.1, 0.15) is 24.1 Å². The number of aromatic nitrogens is 1. The van der Waals surface area contributed by atoms with Gasteiger partial charge in [-0.2, -0.15) is 0 Å². The molecule has 2 aromatic carbocycles. The van der Waals surface area contributed by atoms with Crippen LogP contribution in [-0.2, 0) is 6.54 Å². The molecule has 1 aromatic heterocycles. The number of hydrogen-bond donors (Lipinski definition) is 1. The molecule has 0 amide bonds. The number of nitrogens with zero attached hydrogens (tertiary/aromatic N) is 1. The maximum atomic E-state index is 6.26. The van der Waals surface area contributed by atoms with Crippen molar-refractivity contribution in [1.29, 1.82) is 0 Å². The summed E-state index contributed by atoms with van der Waals surface area (Å²) in [6, 6.07) is 16.0. The minimum atomic E-state index is 0.128. The van der Waals surface area contributed by atoms with Gasteiger partial charge in [-0.25, -0.2) is 0 Å². The summed E-state index contributed by atoms with van der Waals surface area (Å²) in [6.07, 6.45) is 1.82. The van der Waals surface area contributed by atoms with E-state index in [1.54, 1.807) is 6.07 Å². The highest BCUT2D eigenvalue weighted by molar-refractivity contribution is 6.35. The lowest BCUT2D eigenvalue weighted by molar-refractivity contribution is 0.576. The first-order valence-corrected chi connectivity index (χ1v) is 7.91. The predicted molar refractivity (Wildman–Crippen MR) is 93.5 cm³/mol. The lowest BCUT2D eigenvalue weighted by Crippen LogP contribution is -2.18. The number of benzene rings is 2. The third-order valence-corrected chi connectivity index (χ3v) is 4.31.